The average molecular weight is 650 g/mol. The van der Waals surface area contributed by atoms with E-state index in [0.29, 0.717) is 17.5 Å². The van der Waals surface area contributed by atoms with Crippen LogP contribution in [0.5, 0.6) is 0 Å². The minimum Gasteiger partial charge on any atom is -0.456 e. The average Bonchev–Trinajstić information content (AvgIpc) is 3.73. The summed E-state index contributed by atoms with van der Waals surface area (Å²) in [4.78, 5) is 15.8. The van der Waals surface area contributed by atoms with E-state index in [1.54, 1.807) is 0 Å². The molecule has 236 valence electrons. The van der Waals surface area contributed by atoms with Gasteiger partial charge in [0.25, 0.3) is 0 Å². The van der Waals surface area contributed by atoms with Crippen molar-refractivity contribution in [1.29, 1.82) is 0 Å². The highest BCUT2D eigenvalue weighted by molar-refractivity contribution is 6.25. The van der Waals surface area contributed by atoms with Gasteiger partial charge in [-0.25, -0.2) is 15.0 Å². The molecule has 1 aliphatic carbocycles. The van der Waals surface area contributed by atoms with Crippen LogP contribution in [0.2, 0.25) is 0 Å². The first-order valence-electron chi connectivity index (χ1n) is 17.2. The van der Waals surface area contributed by atoms with Crippen LogP contribution in [-0.4, -0.2) is 15.0 Å². The Morgan fingerprint density at radius 1 is 0.333 bits per heavy atom. The molecule has 4 nitrogen and oxygen atoms in total. The van der Waals surface area contributed by atoms with Crippen molar-refractivity contribution in [2.24, 2.45) is 0 Å². The summed E-state index contributed by atoms with van der Waals surface area (Å²) in [5.74, 6) is 1.87. The van der Waals surface area contributed by atoms with Crippen LogP contribution < -0.4 is 0 Å². The molecule has 2 aromatic heterocycles. The SMILES string of the molecule is c1ccc(-c2ccc3ccc(-c4nc(-c5ccccc5)nc(-c5c6c(cc7oc8ccccc8c57)-c5cccc7cccc-6c57)n4)cc3c2)cc1. The maximum atomic E-state index is 6.59. The zero-order valence-electron chi connectivity index (χ0n) is 27.3. The van der Waals surface area contributed by atoms with Crippen molar-refractivity contribution in [1.82, 2.24) is 15.0 Å². The van der Waals surface area contributed by atoms with Crippen molar-refractivity contribution in [3.63, 3.8) is 0 Å². The van der Waals surface area contributed by atoms with Crippen molar-refractivity contribution in [3.05, 3.63) is 164 Å². The first-order valence-corrected chi connectivity index (χ1v) is 17.2. The fourth-order valence-electron chi connectivity index (χ4n) is 7.91. The molecule has 1 aliphatic rings. The zero-order valence-corrected chi connectivity index (χ0v) is 27.3. The van der Waals surface area contributed by atoms with Gasteiger partial charge in [0.15, 0.2) is 17.5 Å². The molecular formula is C47H27N3O. The molecular weight excluding hydrogens is 623 g/mol. The Morgan fingerprint density at radius 3 is 1.78 bits per heavy atom. The summed E-state index contributed by atoms with van der Waals surface area (Å²) >= 11 is 0. The third-order valence-electron chi connectivity index (χ3n) is 10.2. The van der Waals surface area contributed by atoms with E-state index in [-0.39, 0.29) is 0 Å². The zero-order chi connectivity index (χ0) is 33.5. The summed E-state index contributed by atoms with van der Waals surface area (Å²) in [5.41, 5.74) is 11.5. The van der Waals surface area contributed by atoms with Crippen LogP contribution in [0, 0.1) is 0 Å². The maximum absolute atomic E-state index is 6.59. The van der Waals surface area contributed by atoms with E-state index in [2.05, 4.69) is 127 Å². The Morgan fingerprint density at radius 2 is 0.980 bits per heavy atom. The Hall–Kier alpha value is -6.91. The molecule has 0 fully saturated rings. The van der Waals surface area contributed by atoms with Crippen LogP contribution in [0.25, 0.3) is 111 Å². The van der Waals surface area contributed by atoms with E-state index >= 15 is 0 Å². The molecule has 0 bridgehead atoms. The second kappa shape index (κ2) is 10.8. The summed E-state index contributed by atoms with van der Waals surface area (Å²) in [7, 11) is 0. The molecule has 4 heteroatoms. The van der Waals surface area contributed by atoms with E-state index in [9.17, 15) is 0 Å². The molecule has 0 saturated heterocycles. The lowest BCUT2D eigenvalue weighted by atomic mass is 9.93. The quantitative estimate of drug-likeness (QED) is 0.190. The van der Waals surface area contributed by atoms with Gasteiger partial charge in [0.05, 0.1) is 0 Å². The lowest BCUT2D eigenvalue weighted by Gasteiger charge is -2.14. The molecule has 0 aliphatic heterocycles. The fourth-order valence-corrected chi connectivity index (χ4v) is 7.91. The summed E-state index contributed by atoms with van der Waals surface area (Å²) in [6, 6.07) is 57.3. The first kappa shape index (κ1) is 28.0. The summed E-state index contributed by atoms with van der Waals surface area (Å²) < 4.78 is 6.59. The Balaban J connectivity index is 1.22. The highest BCUT2D eigenvalue weighted by atomic mass is 16.3. The molecule has 8 aromatic carbocycles. The Labute approximate surface area is 293 Å². The topological polar surface area (TPSA) is 51.8 Å². The number of hydrogen-bond acceptors (Lipinski definition) is 4. The number of para-hydroxylation sites is 1. The fraction of sp³-hybridized carbons (Fsp3) is 0. The molecule has 0 atom stereocenters. The first-order chi connectivity index (χ1) is 25.3. The molecule has 0 radical (unpaired) electrons. The number of aromatic nitrogens is 3. The molecule has 0 spiro atoms. The second-order valence-electron chi connectivity index (χ2n) is 13.2. The van der Waals surface area contributed by atoms with Gasteiger partial charge < -0.3 is 4.42 Å². The van der Waals surface area contributed by atoms with Crippen molar-refractivity contribution in [2.75, 3.05) is 0 Å². The van der Waals surface area contributed by atoms with E-state index in [1.165, 1.54) is 33.0 Å². The summed E-state index contributed by atoms with van der Waals surface area (Å²) in [5, 5.41) is 6.79. The van der Waals surface area contributed by atoms with Gasteiger partial charge in [-0.1, -0.05) is 140 Å². The van der Waals surface area contributed by atoms with E-state index in [0.717, 1.165) is 60.5 Å². The monoisotopic (exact) mass is 649 g/mol. The maximum Gasteiger partial charge on any atom is 0.165 e. The number of furan rings is 1. The normalized spacial score (nSPS) is 11.9. The van der Waals surface area contributed by atoms with Crippen LogP contribution in [0.4, 0.5) is 0 Å². The summed E-state index contributed by atoms with van der Waals surface area (Å²) in [6.07, 6.45) is 0. The van der Waals surface area contributed by atoms with Crippen LogP contribution in [-0.2, 0) is 0 Å². The predicted octanol–water partition coefficient (Wildman–Crippen LogP) is 12.4. The molecule has 0 N–H and O–H groups in total. The Bertz CT molecular complexity index is 3010. The van der Waals surface area contributed by atoms with Crippen LogP contribution in [0.1, 0.15) is 0 Å². The van der Waals surface area contributed by atoms with Crippen molar-refractivity contribution >= 4 is 43.5 Å². The van der Waals surface area contributed by atoms with Crippen LogP contribution >= 0.6 is 0 Å². The van der Waals surface area contributed by atoms with E-state index in [1.807, 2.05) is 36.4 Å². The predicted molar refractivity (Wildman–Crippen MR) is 208 cm³/mol. The molecule has 11 rings (SSSR count). The number of rotatable bonds is 4. The van der Waals surface area contributed by atoms with Crippen molar-refractivity contribution in [2.45, 2.75) is 0 Å². The number of benzene rings is 8. The van der Waals surface area contributed by atoms with Gasteiger partial charge in [-0.15, -0.1) is 0 Å². The minimum atomic E-state index is 0.621. The third-order valence-corrected chi connectivity index (χ3v) is 10.2. The van der Waals surface area contributed by atoms with Crippen molar-refractivity contribution < 1.29 is 4.42 Å². The third kappa shape index (κ3) is 4.30. The molecule has 0 amide bonds. The second-order valence-corrected chi connectivity index (χ2v) is 13.2. The molecule has 0 saturated carbocycles. The van der Waals surface area contributed by atoms with Gasteiger partial charge in [-0.2, -0.15) is 0 Å². The molecule has 2 heterocycles. The van der Waals surface area contributed by atoms with Crippen LogP contribution in [0.15, 0.2) is 168 Å². The lowest BCUT2D eigenvalue weighted by molar-refractivity contribution is 0.669. The minimum absolute atomic E-state index is 0.621. The number of hydrogen-bond donors (Lipinski definition) is 0. The van der Waals surface area contributed by atoms with Gasteiger partial charge in [0.1, 0.15) is 11.2 Å². The highest BCUT2D eigenvalue weighted by Gasteiger charge is 2.30. The molecule has 0 unspecified atom stereocenters. The molecule has 10 aromatic rings. The summed E-state index contributed by atoms with van der Waals surface area (Å²) in [6.45, 7) is 0. The van der Waals surface area contributed by atoms with Gasteiger partial charge in [-0.05, 0) is 73.6 Å². The lowest BCUT2D eigenvalue weighted by Crippen LogP contribution is -2.01. The standard InChI is InChI=1S/C47H27N3O/c1-3-11-28(12-4-1)32-23-21-29-22-24-33(26-34(29)25-32)46-48-45(31-13-5-2-6-14-31)49-47(50-46)44-42-37-19-10-16-30-15-9-18-35(41(30)37)38(42)27-40-43(44)36-17-7-8-20-39(36)51-40/h1-27H. The van der Waals surface area contributed by atoms with Crippen molar-refractivity contribution in [3.8, 4) is 67.5 Å². The van der Waals surface area contributed by atoms with Gasteiger partial charge in [-0.3, -0.25) is 0 Å². The largest absolute Gasteiger partial charge is 0.456 e. The van der Waals surface area contributed by atoms with E-state index < -0.39 is 0 Å². The number of nitrogens with zero attached hydrogens (tertiary/aromatic N) is 3. The van der Waals surface area contributed by atoms with Crippen LogP contribution in [0.3, 0.4) is 0 Å². The van der Waals surface area contributed by atoms with E-state index in [4.69, 9.17) is 19.4 Å². The number of fused-ring (bicyclic) bond motifs is 7. The molecule has 51 heavy (non-hydrogen) atoms. The highest BCUT2D eigenvalue weighted by Crippen LogP contribution is 2.54. The van der Waals surface area contributed by atoms with Gasteiger partial charge in [0, 0.05) is 33.0 Å². The smallest absolute Gasteiger partial charge is 0.165 e. The van der Waals surface area contributed by atoms with Gasteiger partial charge >= 0.3 is 0 Å². The van der Waals surface area contributed by atoms with Gasteiger partial charge in [0.2, 0.25) is 0 Å². The Kier molecular flexibility index (Phi) is 5.92.